The zero-order valence-electron chi connectivity index (χ0n) is 11.2. The first-order valence-electron chi connectivity index (χ1n) is 6.78. The summed E-state index contributed by atoms with van der Waals surface area (Å²) in [6.45, 7) is 3.73. The lowest BCUT2D eigenvalue weighted by atomic mass is 10.0. The predicted molar refractivity (Wildman–Crippen MR) is 77.2 cm³/mol. The van der Waals surface area contributed by atoms with Crippen LogP contribution in [0, 0.1) is 0 Å². The van der Waals surface area contributed by atoms with Gasteiger partial charge in [-0.15, -0.1) is 0 Å². The molecule has 3 rings (SSSR count). The van der Waals surface area contributed by atoms with Gasteiger partial charge < -0.3 is 10.6 Å². The van der Waals surface area contributed by atoms with E-state index >= 15 is 0 Å². The van der Waals surface area contributed by atoms with E-state index in [0.717, 1.165) is 19.5 Å². The van der Waals surface area contributed by atoms with Crippen molar-refractivity contribution in [3.8, 4) is 0 Å². The Bertz CT molecular complexity index is 597. The molecule has 2 aliphatic rings. The molecule has 1 saturated heterocycles. The normalized spacial score (nSPS) is 28.1. The number of sulfone groups is 1. The number of anilines is 1. The average Bonchev–Trinajstić information content (AvgIpc) is 2.92. The Labute approximate surface area is 114 Å². The molecule has 2 aliphatic heterocycles. The number of rotatable bonds is 3. The quantitative estimate of drug-likeness (QED) is 0.877. The third kappa shape index (κ3) is 2.62. The molecule has 2 heterocycles. The van der Waals surface area contributed by atoms with Gasteiger partial charge in [0.15, 0.2) is 9.84 Å². The van der Waals surface area contributed by atoms with Crippen LogP contribution in [-0.4, -0.2) is 32.0 Å². The van der Waals surface area contributed by atoms with Crippen LogP contribution < -0.4 is 10.6 Å². The molecule has 0 spiro atoms. The number of hydrogen-bond donors (Lipinski definition) is 2. The van der Waals surface area contributed by atoms with Crippen LogP contribution in [0.15, 0.2) is 18.2 Å². The summed E-state index contributed by atoms with van der Waals surface area (Å²) in [5.74, 6) is 0.560. The van der Waals surface area contributed by atoms with E-state index in [9.17, 15) is 8.42 Å². The molecule has 0 bridgehead atoms. The fraction of sp³-hybridized carbons (Fsp3) is 0.571. The molecule has 0 radical (unpaired) electrons. The number of para-hydroxylation sites is 1. The van der Waals surface area contributed by atoms with Crippen molar-refractivity contribution in [3.63, 3.8) is 0 Å². The van der Waals surface area contributed by atoms with Crippen LogP contribution in [-0.2, 0) is 22.8 Å². The standard InChI is InChI=1S/C14H20N2O2S/c1-14(6-8-19(17,18)10-14)16-9-12-4-2-3-11-5-7-15-13(11)12/h2-4,15-16H,5-10H2,1H3. The van der Waals surface area contributed by atoms with Crippen molar-refractivity contribution in [2.45, 2.75) is 31.8 Å². The van der Waals surface area contributed by atoms with Gasteiger partial charge in [-0.1, -0.05) is 18.2 Å². The summed E-state index contributed by atoms with van der Waals surface area (Å²) in [5.41, 5.74) is 3.56. The molecule has 0 aromatic heterocycles. The minimum absolute atomic E-state index is 0.252. The molecule has 19 heavy (non-hydrogen) atoms. The maximum absolute atomic E-state index is 11.6. The van der Waals surface area contributed by atoms with Crippen molar-refractivity contribution in [2.24, 2.45) is 0 Å². The Morgan fingerprint density at radius 3 is 3.00 bits per heavy atom. The molecule has 2 N–H and O–H groups in total. The van der Waals surface area contributed by atoms with Crippen LogP contribution in [0.3, 0.4) is 0 Å². The zero-order valence-corrected chi connectivity index (χ0v) is 12.0. The summed E-state index contributed by atoms with van der Waals surface area (Å²) in [7, 11) is -2.85. The highest BCUT2D eigenvalue weighted by atomic mass is 32.2. The van der Waals surface area contributed by atoms with Crippen LogP contribution in [0.1, 0.15) is 24.5 Å². The van der Waals surface area contributed by atoms with E-state index in [4.69, 9.17) is 0 Å². The lowest BCUT2D eigenvalue weighted by Crippen LogP contribution is -2.42. The largest absolute Gasteiger partial charge is 0.384 e. The van der Waals surface area contributed by atoms with E-state index in [0.29, 0.717) is 12.2 Å². The molecule has 1 fully saturated rings. The van der Waals surface area contributed by atoms with Gasteiger partial charge in [0.05, 0.1) is 11.5 Å². The number of fused-ring (bicyclic) bond motifs is 1. The highest BCUT2D eigenvalue weighted by molar-refractivity contribution is 7.91. The van der Waals surface area contributed by atoms with E-state index in [1.165, 1.54) is 16.8 Å². The Kier molecular flexibility index (Phi) is 3.06. The third-order valence-electron chi connectivity index (χ3n) is 4.14. The Balaban J connectivity index is 1.72. The molecule has 0 saturated carbocycles. The van der Waals surface area contributed by atoms with E-state index in [1.54, 1.807) is 0 Å². The fourth-order valence-electron chi connectivity index (χ4n) is 3.02. The molecule has 104 valence electrons. The maximum atomic E-state index is 11.6. The lowest BCUT2D eigenvalue weighted by Gasteiger charge is -2.24. The third-order valence-corrected chi connectivity index (χ3v) is 6.05. The van der Waals surface area contributed by atoms with Crippen LogP contribution in [0.25, 0.3) is 0 Å². The van der Waals surface area contributed by atoms with Crippen LogP contribution in [0.2, 0.25) is 0 Å². The minimum Gasteiger partial charge on any atom is -0.384 e. The van der Waals surface area contributed by atoms with Crippen molar-refractivity contribution < 1.29 is 8.42 Å². The second-order valence-corrected chi connectivity index (χ2v) is 8.07. The summed E-state index contributed by atoms with van der Waals surface area (Å²) in [4.78, 5) is 0. The zero-order chi connectivity index (χ0) is 13.5. The molecule has 1 unspecified atom stereocenters. The highest BCUT2D eigenvalue weighted by Crippen LogP contribution is 2.28. The van der Waals surface area contributed by atoms with Gasteiger partial charge in [0.1, 0.15) is 0 Å². The van der Waals surface area contributed by atoms with Gasteiger partial charge in [0, 0.05) is 24.3 Å². The van der Waals surface area contributed by atoms with Gasteiger partial charge in [-0.2, -0.15) is 0 Å². The molecule has 4 nitrogen and oxygen atoms in total. The molecule has 1 aromatic rings. The molecule has 1 aromatic carbocycles. The van der Waals surface area contributed by atoms with E-state index in [2.05, 4.69) is 28.8 Å². The fourth-order valence-corrected chi connectivity index (χ4v) is 5.14. The van der Waals surface area contributed by atoms with Crippen molar-refractivity contribution in [2.75, 3.05) is 23.4 Å². The van der Waals surface area contributed by atoms with Crippen LogP contribution in [0.5, 0.6) is 0 Å². The van der Waals surface area contributed by atoms with Crippen LogP contribution in [0.4, 0.5) is 5.69 Å². The van der Waals surface area contributed by atoms with E-state index < -0.39 is 9.84 Å². The summed E-state index contributed by atoms with van der Waals surface area (Å²) in [5, 5.41) is 6.86. The summed E-state index contributed by atoms with van der Waals surface area (Å²) in [6.07, 6.45) is 1.78. The number of benzene rings is 1. The number of nitrogens with one attached hydrogen (secondary N) is 2. The van der Waals surface area contributed by atoms with Crippen molar-refractivity contribution in [1.82, 2.24) is 5.32 Å². The van der Waals surface area contributed by atoms with E-state index in [-0.39, 0.29) is 11.3 Å². The predicted octanol–water partition coefficient (Wildman–Crippen LogP) is 1.32. The van der Waals surface area contributed by atoms with Gasteiger partial charge in [0.2, 0.25) is 0 Å². The molecule has 0 amide bonds. The van der Waals surface area contributed by atoms with Crippen molar-refractivity contribution >= 4 is 15.5 Å². The Hall–Kier alpha value is -1.07. The van der Waals surface area contributed by atoms with Gasteiger partial charge in [-0.05, 0) is 30.9 Å². The first kappa shape index (κ1) is 12.9. The number of hydrogen-bond acceptors (Lipinski definition) is 4. The van der Waals surface area contributed by atoms with Gasteiger partial charge >= 0.3 is 0 Å². The Morgan fingerprint density at radius 2 is 2.26 bits per heavy atom. The summed E-state index contributed by atoms with van der Waals surface area (Å²) >= 11 is 0. The van der Waals surface area contributed by atoms with Crippen molar-refractivity contribution in [1.29, 1.82) is 0 Å². The smallest absolute Gasteiger partial charge is 0.152 e. The summed E-state index contributed by atoms with van der Waals surface area (Å²) in [6, 6.07) is 6.34. The second kappa shape index (κ2) is 4.49. The first-order chi connectivity index (χ1) is 8.98. The van der Waals surface area contributed by atoms with Gasteiger partial charge in [-0.25, -0.2) is 8.42 Å². The van der Waals surface area contributed by atoms with Crippen molar-refractivity contribution in [3.05, 3.63) is 29.3 Å². The minimum atomic E-state index is -2.85. The van der Waals surface area contributed by atoms with E-state index in [1.807, 2.05) is 6.92 Å². The highest BCUT2D eigenvalue weighted by Gasteiger charge is 2.37. The SMILES string of the molecule is CC1(NCc2cccc3c2NCC3)CCS(=O)(=O)C1. The van der Waals surface area contributed by atoms with Crippen LogP contribution >= 0.6 is 0 Å². The monoisotopic (exact) mass is 280 g/mol. The molecule has 5 heteroatoms. The Morgan fingerprint density at radius 1 is 1.42 bits per heavy atom. The molecular formula is C14H20N2O2S. The maximum Gasteiger partial charge on any atom is 0.152 e. The van der Waals surface area contributed by atoms with Gasteiger partial charge in [-0.3, -0.25) is 0 Å². The topological polar surface area (TPSA) is 58.2 Å². The van der Waals surface area contributed by atoms with Gasteiger partial charge in [0.25, 0.3) is 0 Å². The summed E-state index contributed by atoms with van der Waals surface area (Å²) < 4.78 is 23.2. The lowest BCUT2D eigenvalue weighted by molar-refractivity contribution is 0.396. The molecule has 1 atom stereocenters. The second-order valence-electron chi connectivity index (χ2n) is 5.88. The molecular weight excluding hydrogens is 260 g/mol. The average molecular weight is 280 g/mol. The first-order valence-corrected chi connectivity index (χ1v) is 8.60. The molecule has 0 aliphatic carbocycles.